The van der Waals surface area contributed by atoms with Gasteiger partial charge in [-0.2, -0.15) is 0 Å². The number of carbonyl (C=O) groups is 1. The molecular weight excluding hydrogens is 322 g/mol. The van der Waals surface area contributed by atoms with E-state index >= 15 is 0 Å². The van der Waals surface area contributed by atoms with E-state index in [0.717, 1.165) is 24.2 Å². The molecule has 1 aromatic carbocycles. The molecule has 4 nitrogen and oxygen atoms in total. The zero-order valence-electron chi connectivity index (χ0n) is 13.9. The van der Waals surface area contributed by atoms with Crippen molar-refractivity contribution in [1.82, 2.24) is 9.88 Å². The van der Waals surface area contributed by atoms with Crippen LogP contribution in [0.2, 0.25) is 0 Å². The Bertz CT molecular complexity index is 699. The average Bonchev–Trinajstić information content (AvgIpc) is 3.18. The van der Waals surface area contributed by atoms with Crippen molar-refractivity contribution in [3.8, 4) is 0 Å². The summed E-state index contributed by atoms with van der Waals surface area (Å²) in [6, 6.07) is 7.74. The van der Waals surface area contributed by atoms with Crippen LogP contribution in [0, 0.1) is 11.8 Å². The van der Waals surface area contributed by atoms with Gasteiger partial charge in [0, 0.05) is 30.2 Å². The number of hydrogen-bond donors (Lipinski definition) is 2. The van der Waals surface area contributed by atoms with E-state index in [2.05, 4.69) is 17.1 Å². The predicted molar refractivity (Wildman–Crippen MR) is 99.3 cm³/mol. The molecule has 3 atom stereocenters. The minimum Gasteiger partial charge on any atom is -0.361 e. The second-order valence-electron chi connectivity index (χ2n) is 7.22. The van der Waals surface area contributed by atoms with Gasteiger partial charge in [-0.15, -0.1) is 12.4 Å². The average molecular weight is 348 g/mol. The summed E-state index contributed by atoms with van der Waals surface area (Å²) in [6.07, 6.45) is 7.81. The number of amides is 1. The van der Waals surface area contributed by atoms with Gasteiger partial charge in [-0.25, -0.2) is 0 Å². The second-order valence-corrected chi connectivity index (χ2v) is 7.22. The summed E-state index contributed by atoms with van der Waals surface area (Å²) in [5.74, 6) is 1.56. The molecule has 1 aromatic heterocycles. The summed E-state index contributed by atoms with van der Waals surface area (Å²) in [7, 11) is 0. The van der Waals surface area contributed by atoms with Gasteiger partial charge < -0.3 is 15.6 Å². The minimum atomic E-state index is -0.436. The lowest BCUT2D eigenvalue weighted by atomic mass is 9.82. The number of nitrogens with two attached hydrogens (primary N) is 1. The maximum atomic E-state index is 12.7. The van der Waals surface area contributed by atoms with Crippen LogP contribution >= 0.6 is 12.4 Å². The first-order valence-electron chi connectivity index (χ1n) is 8.82. The summed E-state index contributed by atoms with van der Waals surface area (Å²) >= 11 is 0. The molecule has 2 heterocycles. The quantitative estimate of drug-likeness (QED) is 0.896. The van der Waals surface area contributed by atoms with Gasteiger partial charge in [0.2, 0.25) is 5.91 Å². The van der Waals surface area contributed by atoms with Gasteiger partial charge in [-0.05, 0) is 42.7 Å². The molecule has 1 saturated carbocycles. The summed E-state index contributed by atoms with van der Waals surface area (Å²) in [5.41, 5.74) is 8.51. The number of rotatable bonds is 3. The van der Waals surface area contributed by atoms with Crippen LogP contribution < -0.4 is 5.73 Å². The normalized spacial score (nSPS) is 24.5. The highest BCUT2D eigenvalue weighted by molar-refractivity contribution is 5.86. The van der Waals surface area contributed by atoms with E-state index in [1.54, 1.807) is 0 Å². The molecule has 0 radical (unpaired) electrons. The largest absolute Gasteiger partial charge is 0.361 e. The van der Waals surface area contributed by atoms with Crippen LogP contribution in [0.15, 0.2) is 30.5 Å². The Morgan fingerprint density at radius 1 is 1.21 bits per heavy atom. The Hall–Kier alpha value is -1.52. The minimum absolute atomic E-state index is 0. The van der Waals surface area contributed by atoms with Crippen LogP contribution in [-0.2, 0) is 11.2 Å². The number of hydrogen-bond acceptors (Lipinski definition) is 2. The number of para-hydroxylation sites is 1. The van der Waals surface area contributed by atoms with Gasteiger partial charge in [0.05, 0.1) is 6.04 Å². The molecule has 24 heavy (non-hydrogen) atoms. The van der Waals surface area contributed by atoms with E-state index in [1.165, 1.54) is 31.1 Å². The number of nitrogens with zero attached hydrogens (tertiary/aromatic N) is 1. The number of aromatic nitrogens is 1. The molecule has 1 saturated heterocycles. The lowest BCUT2D eigenvalue weighted by Gasteiger charge is -2.22. The van der Waals surface area contributed by atoms with Crippen LogP contribution in [0.25, 0.3) is 10.9 Å². The number of aromatic amines is 1. The van der Waals surface area contributed by atoms with Crippen molar-refractivity contribution in [2.45, 2.75) is 38.1 Å². The first kappa shape index (κ1) is 17.3. The molecule has 5 heteroatoms. The lowest BCUT2D eigenvalue weighted by molar-refractivity contribution is -0.131. The molecule has 2 aromatic rings. The SMILES string of the molecule is Cl.N[C@@H](Cc1c[nH]c2ccccc12)C(=O)N1CC2CCCCC2C1. The molecular formula is C19H26ClN3O. The maximum absolute atomic E-state index is 12.7. The Morgan fingerprint density at radius 3 is 2.58 bits per heavy atom. The second kappa shape index (κ2) is 7.16. The van der Waals surface area contributed by atoms with Crippen molar-refractivity contribution in [3.05, 3.63) is 36.0 Å². The van der Waals surface area contributed by atoms with E-state index in [-0.39, 0.29) is 18.3 Å². The Morgan fingerprint density at radius 2 is 1.88 bits per heavy atom. The van der Waals surface area contributed by atoms with Crippen LogP contribution in [0.4, 0.5) is 0 Å². The first-order valence-corrected chi connectivity index (χ1v) is 8.82. The van der Waals surface area contributed by atoms with E-state index in [1.807, 2.05) is 23.2 Å². The zero-order chi connectivity index (χ0) is 15.8. The fourth-order valence-corrected chi connectivity index (χ4v) is 4.45. The fourth-order valence-electron chi connectivity index (χ4n) is 4.45. The number of likely N-dealkylation sites (tertiary alicyclic amines) is 1. The number of H-pyrrole nitrogens is 1. The molecule has 1 aliphatic heterocycles. The summed E-state index contributed by atoms with van der Waals surface area (Å²) in [6.45, 7) is 1.84. The van der Waals surface area contributed by atoms with Crippen LogP contribution in [-0.4, -0.2) is 34.9 Å². The molecule has 130 valence electrons. The summed E-state index contributed by atoms with van der Waals surface area (Å²) in [4.78, 5) is 18.0. The van der Waals surface area contributed by atoms with Gasteiger partial charge in [-0.1, -0.05) is 31.0 Å². The molecule has 0 spiro atoms. The third kappa shape index (κ3) is 3.17. The number of fused-ring (bicyclic) bond motifs is 2. The number of halogens is 1. The molecule has 1 amide bonds. The van der Waals surface area contributed by atoms with Gasteiger partial charge in [-0.3, -0.25) is 4.79 Å². The Balaban J connectivity index is 0.00000169. The molecule has 2 unspecified atom stereocenters. The monoisotopic (exact) mass is 347 g/mol. The third-order valence-corrected chi connectivity index (χ3v) is 5.72. The highest BCUT2D eigenvalue weighted by Crippen LogP contribution is 2.36. The van der Waals surface area contributed by atoms with Crippen molar-refractivity contribution in [1.29, 1.82) is 0 Å². The first-order chi connectivity index (χ1) is 11.2. The molecule has 2 aliphatic rings. The number of carbonyl (C=O) groups excluding carboxylic acids is 1. The van der Waals surface area contributed by atoms with Crippen LogP contribution in [0.5, 0.6) is 0 Å². The highest BCUT2D eigenvalue weighted by Gasteiger charge is 2.37. The predicted octanol–water partition coefficient (Wildman–Crippen LogP) is 3.11. The van der Waals surface area contributed by atoms with Gasteiger partial charge in [0.1, 0.15) is 0 Å². The zero-order valence-corrected chi connectivity index (χ0v) is 14.7. The van der Waals surface area contributed by atoms with E-state index in [4.69, 9.17) is 5.73 Å². The van der Waals surface area contributed by atoms with Gasteiger partial charge in [0.15, 0.2) is 0 Å². The van der Waals surface area contributed by atoms with Crippen molar-refractivity contribution in [2.75, 3.05) is 13.1 Å². The van der Waals surface area contributed by atoms with Crippen molar-refractivity contribution in [3.63, 3.8) is 0 Å². The maximum Gasteiger partial charge on any atom is 0.239 e. The van der Waals surface area contributed by atoms with E-state index < -0.39 is 6.04 Å². The van der Waals surface area contributed by atoms with Crippen LogP contribution in [0.1, 0.15) is 31.2 Å². The van der Waals surface area contributed by atoms with Crippen molar-refractivity contribution in [2.24, 2.45) is 17.6 Å². The molecule has 4 rings (SSSR count). The summed E-state index contributed by atoms with van der Waals surface area (Å²) in [5, 5.41) is 1.17. The Kier molecular flexibility index (Phi) is 5.16. The standard InChI is InChI=1S/C19H25N3O.ClH/c20-17(9-15-10-21-18-8-4-3-7-16(15)18)19(23)22-11-13-5-1-2-6-14(13)12-22;/h3-4,7-8,10,13-14,17,21H,1-2,5-6,9,11-12,20H2;1H/t13?,14?,17-;/m0./s1. The molecule has 2 fully saturated rings. The molecule has 1 aliphatic carbocycles. The van der Waals surface area contributed by atoms with Gasteiger partial charge in [0.25, 0.3) is 0 Å². The Labute approximate surface area is 149 Å². The lowest BCUT2D eigenvalue weighted by Crippen LogP contribution is -2.44. The number of benzene rings is 1. The smallest absolute Gasteiger partial charge is 0.239 e. The van der Waals surface area contributed by atoms with E-state index in [9.17, 15) is 4.79 Å². The van der Waals surface area contributed by atoms with Crippen LogP contribution in [0.3, 0.4) is 0 Å². The van der Waals surface area contributed by atoms with E-state index in [0.29, 0.717) is 18.3 Å². The van der Waals surface area contributed by atoms with Crippen molar-refractivity contribution >= 4 is 29.2 Å². The topological polar surface area (TPSA) is 62.1 Å². The number of nitrogens with one attached hydrogen (secondary N) is 1. The molecule has 0 bridgehead atoms. The molecule has 3 N–H and O–H groups in total. The summed E-state index contributed by atoms with van der Waals surface area (Å²) < 4.78 is 0. The van der Waals surface area contributed by atoms with Gasteiger partial charge >= 0.3 is 0 Å². The fraction of sp³-hybridized carbons (Fsp3) is 0.526. The third-order valence-electron chi connectivity index (χ3n) is 5.72. The van der Waals surface area contributed by atoms with Crippen molar-refractivity contribution < 1.29 is 4.79 Å². The highest BCUT2D eigenvalue weighted by atomic mass is 35.5.